The van der Waals surface area contributed by atoms with E-state index in [1.165, 1.54) is 19.3 Å². The fourth-order valence-corrected chi connectivity index (χ4v) is 6.57. The molecule has 2 bridgehead atoms. The normalized spacial score (nSPS) is 21.2. The highest BCUT2D eigenvalue weighted by atomic mass is 16.1. The van der Waals surface area contributed by atoms with Gasteiger partial charge in [-0.05, 0) is 65.8 Å². The first kappa shape index (κ1) is 26.9. The van der Waals surface area contributed by atoms with Gasteiger partial charge in [-0.15, -0.1) is 12.0 Å². The van der Waals surface area contributed by atoms with Crippen LogP contribution >= 0.6 is 0 Å². The first-order chi connectivity index (χ1) is 20.7. The molecule has 3 saturated carbocycles. The van der Waals surface area contributed by atoms with Crippen molar-refractivity contribution in [2.24, 2.45) is 11.3 Å². The zero-order chi connectivity index (χ0) is 29.9. The molecule has 216 valence electrons. The van der Waals surface area contributed by atoms with Gasteiger partial charge in [-0.25, -0.2) is 0 Å². The van der Waals surface area contributed by atoms with E-state index in [0.29, 0.717) is 28.6 Å². The molecule has 3 fully saturated rings. The zero-order valence-corrected chi connectivity index (χ0v) is 24.5. The summed E-state index contributed by atoms with van der Waals surface area (Å²) in [6.45, 7) is 7.14. The van der Waals surface area contributed by atoms with Crippen LogP contribution in [-0.4, -0.2) is 27.1 Å². The molecular formula is C34H34N8O. The van der Waals surface area contributed by atoms with Crippen molar-refractivity contribution in [2.45, 2.75) is 51.6 Å². The molecule has 0 radical (unpaired) electrons. The highest BCUT2D eigenvalue weighted by Crippen LogP contribution is 2.60. The predicted molar refractivity (Wildman–Crippen MR) is 170 cm³/mol. The second-order valence-corrected chi connectivity index (χ2v) is 13.2. The topological polar surface area (TPSA) is 121 Å². The molecule has 2 aromatic heterocycles. The number of aromatic nitrogens is 2. The van der Waals surface area contributed by atoms with Crippen LogP contribution in [0, 0.1) is 35.0 Å². The van der Waals surface area contributed by atoms with Crippen molar-refractivity contribution in [2.75, 3.05) is 17.2 Å². The van der Waals surface area contributed by atoms with Gasteiger partial charge in [0.25, 0.3) is 5.56 Å². The summed E-state index contributed by atoms with van der Waals surface area (Å²) in [7, 11) is 0. The molecule has 4 aliphatic rings. The summed E-state index contributed by atoms with van der Waals surface area (Å²) in [6.07, 6.45) is 14.9. The number of H-pyrrole nitrogens is 1. The Labute approximate surface area is 250 Å². The minimum Gasteiger partial charge on any atom is -0.383 e. The van der Waals surface area contributed by atoms with Crippen molar-refractivity contribution >= 4 is 33.1 Å². The van der Waals surface area contributed by atoms with Gasteiger partial charge in [0.1, 0.15) is 6.07 Å². The first-order valence-corrected chi connectivity index (χ1v) is 14.6. The zero-order valence-electron chi connectivity index (χ0n) is 24.5. The number of hydrazine groups is 2. The average molecular weight is 571 g/mol. The molecule has 0 amide bonds. The Morgan fingerprint density at radius 2 is 1.98 bits per heavy atom. The van der Waals surface area contributed by atoms with Crippen molar-refractivity contribution < 1.29 is 0 Å². The highest BCUT2D eigenvalue weighted by molar-refractivity contribution is 5.99. The number of nitrogens with one attached hydrogen (secondary N) is 5. The summed E-state index contributed by atoms with van der Waals surface area (Å²) >= 11 is 0. The van der Waals surface area contributed by atoms with Crippen molar-refractivity contribution in [3.8, 4) is 18.4 Å². The van der Waals surface area contributed by atoms with Crippen LogP contribution in [0.3, 0.4) is 0 Å². The molecule has 0 spiro atoms. The van der Waals surface area contributed by atoms with E-state index in [-0.39, 0.29) is 22.6 Å². The molecule has 1 aliphatic heterocycles. The largest absolute Gasteiger partial charge is 0.383 e. The molecule has 9 heteroatoms. The summed E-state index contributed by atoms with van der Waals surface area (Å²) in [5.41, 5.74) is 11.9. The summed E-state index contributed by atoms with van der Waals surface area (Å²) in [6, 6.07) is 13.5. The lowest BCUT2D eigenvalue weighted by Gasteiger charge is -2.64. The molecule has 4 aromatic rings. The number of nitrogens with zero attached hydrogens (tertiary/aromatic N) is 3. The fraction of sp³-hybridized carbons (Fsp3) is 0.324. The van der Waals surface area contributed by atoms with E-state index in [9.17, 15) is 10.1 Å². The number of anilines is 2. The van der Waals surface area contributed by atoms with Gasteiger partial charge in [-0.1, -0.05) is 38.8 Å². The fourth-order valence-electron chi connectivity index (χ4n) is 6.57. The second kappa shape index (κ2) is 9.79. The number of aromatic amines is 1. The van der Waals surface area contributed by atoms with Crippen LogP contribution in [0.5, 0.6) is 0 Å². The number of nitriles is 1. The predicted octanol–water partition coefficient (Wildman–Crippen LogP) is 5.26. The average Bonchev–Trinajstić information content (AvgIpc) is 3.41. The number of pyridine rings is 2. The Morgan fingerprint density at radius 1 is 1.16 bits per heavy atom. The molecule has 3 aliphatic carbocycles. The van der Waals surface area contributed by atoms with Crippen LogP contribution in [0.2, 0.25) is 0 Å². The Morgan fingerprint density at radius 3 is 2.67 bits per heavy atom. The lowest BCUT2D eigenvalue weighted by Crippen LogP contribution is -2.69. The monoisotopic (exact) mass is 570 g/mol. The van der Waals surface area contributed by atoms with Gasteiger partial charge >= 0.3 is 0 Å². The van der Waals surface area contributed by atoms with Crippen LogP contribution in [0.1, 0.15) is 62.8 Å². The second-order valence-electron chi connectivity index (χ2n) is 13.2. The van der Waals surface area contributed by atoms with E-state index in [2.05, 4.69) is 75.5 Å². The van der Waals surface area contributed by atoms with E-state index in [0.717, 1.165) is 39.3 Å². The third-order valence-corrected chi connectivity index (χ3v) is 8.93. The van der Waals surface area contributed by atoms with Gasteiger partial charge in [0.15, 0.2) is 0 Å². The number of rotatable bonds is 7. The molecular weight excluding hydrogens is 536 g/mol. The van der Waals surface area contributed by atoms with Gasteiger partial charge in [0.05, 0.1) is 39.6 Å². The van der Waals surface area contributed by atoms with Crippen molar-refractivity contribution in [3.63, 3.8) is 0 Å². The van der Waals surface area contributed by atoms with Crippen molar-refractivity contribution in [1.82, 2.24) is 25.9 Å². The van der Waals surface area contributed by atoms with E-state index < -0.39 is 0 Å². The SMILES string of the molecule is C#Cc1cnc2c(C#N)cc(N[C@H](C3=CN(C45CC(C4)C5)NN3)c3cccc4c(=O)[nH]ccc34)cc2c1NCC(C)(C)C. The highest BCUT2D eigenvalue weighted by Gasteiger charge is 2.60. The summed E-state index contributed by atoms with van der Waals surface area (Å²) in [5.74, 6) is 3.59. The number of benzene rings is 2. The van der Waals surface area contributed by atoms with Gasteiger partial charge in [-0.3, -0.25) is 14.8 Å². The number of hydrogen-bond acceptors (Lipinski definition) is 8. The molecule has 0 saturated heterocycles. The van der Waals surface area contributed by atoms with Crippen LogP contribution in [0.15, 0.2) is 65.5 Å². The van der Waals surface area contributed by atoms with E-state index in [4.69, 9.17) is 6.42 Å². The van der Waals surface area contributed by atoms with E-state index in [1.54, 1.807) is 12.4 Å². The molecule has 0 unspecified atom stereocenters. The lowest BCUT2D eigenvalue weighted by molar-refractivity contribution is -0.141. The molecule has 8 rings (SSSR count). The molecule has 9 nitrogen and oxygen atoms in total. The van der Waals surface area contributed by atoms with E-state index in [1.807, 2.05) is 36.4 Å². The molecule has 3 heterocycles. The maximum Gasteiger partial charge on any atom is 0.255 e. The van der Waals surface area contributed by atoms with Gasteiger partial charge in [0, 0.05) is 41.6 Å². The Kier molecular flexibility index (Phi) is 6.12. The minimum absolute atomic E-state index is 0.00652. The maximum absolute atomic E-state index is 12.7. The van der Waals surface area contributed by atoms with Crippen LogP contribution in [0.4, 0.5) is 11.4 Å². The van der Waals surface area contributed by atoms with Crippen molar-refractivity contribution in [1.29, 1.82) is 5.26 Å². The number of fused-ring (bicyclic) bond motifs is 2. The third kappa shape index (κ3) is 4.54. The summed E-state index contributed by atoms with van der Waals surface area (Å²) in [5, 5.41) is 21.9. The Balaban J connectivity index is 1.36. The summed E-state index contributed by atoms with van der Waals surface area (Å²) < 4.78 is 0. The number of hydrogen-bond donors (Lipinski definition) is 5. The Hall–Kier alpha value is -4.99. The van der Waals surface area contributed by atoms with Crippen LogP contribution in [0.25, 0.3) is 21.7 Å². The molecule has 2 aromatic carbocycles. The van der Waals surface area contributed by atoms with Crippen LogP contribution in [-0.2, 0) is 0 Å². The molecule has 5 N–H and O–H groups in total. The van der Waals surface area contributed by atoms with Crippen molar-refractivity contribution in [3.05, 3.63) is 87.7 Å². The van der Waals surface area contributed by atoms with Gasteiger partial charge < -0.3 is 21.0 Å². The van der Waals surface area contributed by atoms with Gasteiger partial charge in [-0.2, -0.15) is 5.26 Å². The van der Waals surface area contributed by atoms with Gasteiger partial charge in [0.2, 0.25) is 0 Å². The standard InChI is InChI=1S/C34H34N8O/c1-5-21-17-37-30-22(16-35)11-23(12-27(30)29(21)38-19-33(2,3)4)39-31(25-7-6-8-26-24(25)9-10-36-32(26)43)28-18-42(41-40-28)34-13-20(14-34)15-34/h1,6-12,17-18,20,31,39-41H,13-15,19H2,2-4H3,(H,36,43)(H,37,38)/t20?,31-,34?/m0/s1. The number of terminal acetylenes is 1. The minimum atomic E-state index is -0.367. The third-order valence-electron chi connectivity index (χ3n) is 8.93. The van der Waals surface area contributed by atoms with E-state index >= 15 is 0 Å². The Bertz CT molecular complexity index is 1940. The first-order valence-electron chi connectivity index (χ1n) is 14.6. The smallest absolute Gasteiger partial charge is 0.255 e. The summed E-state index contributed by atoms with van der Waals surface area (Å²) in [4.78, 5) is 20.1. The molecule has 1 atom stereocenters. The maximum atomic E-state index is 12.7. The van der Waals surface area contributed by atoms with Crippen LogP contribution < -0.4 is 27.2 Å². The lowest BCUT2D eigenvalue weighted by atomic mass is 9.49. The molecule has 43 heavy (non-hydrogen) atoms. The quantitative estimate of drug-likeness (QED) is 0.191.